The molecule has 0 bridgehead atoms. The first-order valence-electron chi connectivity index (χ1n) is 10.4. The number of hydrogen-bond donors (Lipinski definition) is 2. The topological polar surface area (TPSA) is 99.5 Å². The molecule has 2 unspecified atom stereocenters. The molecule has 164 valence electrons. The van der Waals surface area contributed by atoms with E-state index < -0.39 is 0 Å². The molecule has 1 saturated heterocycles. The van der Waals surface area contributed by atoms with E-state index in [2.05, 4.69) is 26.6 Å². The zero-order valence-corrected chi connectivity index (χ0v) is 18.0. The number of carbonyl (C=O) groups excluding carboxylic acids is 1. The van der Waals surface area contributed by atoms with Gasteiger partial charge in [0.05, 0.1) is 30.4 Å². The van der Waals surface area contributed by atoms with Gasteiger partial charge in [0.15, 0.2) is 0 Å². The molecule has 2 aromatic rings. The lowest BCUT2D eigenvalue weighted by Crippen LogP contribution is -2.55. The van der Waals surface area contributed by atoms with Crippen LogP contribution < -0.4 is 15.4 Å². The third-order valence-electron chi connectivity index (χ3n) is 5.49. The van der Waals surface area contributed by atoms with Gasteiger partial charge in [-0.2, -0.15) is 5.26 Å². The quantitative estimate of drug-likeness (QED) is 0.597. The van der Waals surface area contributed by atoms with Crippen molar-refractivity contribution in [3.63, 3.8) is 0 Å². The molecular weight excluding hydrogens is 394 g/mol. The van der Waals surface area contributed by atoms with Crippen LogP contribution in [0.5, 0.6) is 5.75 Å². The van der Waals surface area contributed by atoms with Crippen molar-refractivity contribution in [1.29, 1.82) is 5.26 Å². The number of aromatic nitrogens is 1. The monoisotopic (exact) mass is 423 g/mol. The molecule has 0 saturated carbocycles. The van der Waals surface area contributed by atoms with Crippen molar-refractivity contribution in [1.82, 2.24) is 15.2 Å². The van der Waals surface area contributed by atoms with Gasteiger partial charge in [-0.15, -0.1) is 0 Å². The molecule has 1 aliphatic rings. The normalized spacial score (nSPS) is 18.7. The van der Waals surface area contributed by atoms with E-state index in [-0.39, 0.29) is 18.1 Å². The Morgan fingerprint density at radius 3 is 2.90 bits per heavy atom. The summed E-state index contributed by atoms with van der Waals surface area (Å²) in [6, 6.07) is 12.8. The first kappa shape index (κ1) is 22.5. The summed E-state index contributed by atoms with van der Waals surface area (Å²) in [5.74, 6) is 1.04. The number of nitrogens with zero attached hydrogens (tertiary/aromatic N) is 3. The molecule has 2 heterocycles. The summed E-state index contributed by atoms with van der Waals surface area (Å²) in [7, 11) is 3.24. The van der Waals surface area contributed by atoms with E-state index in [0.717, 1.165) is 39.0 Å². The Hall–Kier alpha value is -3.15. The van der Waals surface area contributed by atoms with E-state index >= 15 is 0 Å². The lowest BCUT2D eigenvalue weighted by atomic mass is 10.0. The Balaban J connectivity index is 1.47. The van der Waals surface area contributed by atoms with Crippen LogP contribution in [0.15, 0.2) is 42.6 Å². The average molecular weight is 424 g/mol. The van der Waals surface area contributed by atoms with Crippen molar-refractivity contribution >= 4 is 11.7 Å². The average Bonchev–Trinajstić information content (AvgIpc) is 2.82. The standard InChI is InChI=1S/C23H29N5O3/c1-30-20-9-4-3-8-18(20)23(29)27-19-10-14-28(16-21(19)31-2)13-6-12-26-22-17(15-24)7-5-11-25-22/h3-5,7-9,11,19,21H,6,10,12-14,16H2,1-2H3,(H,25,26)(H,27,29). The number of para-hydroxylation sites is 1. The molecule has 2 N–H and O–H groups in total. The molecule has 0 aliphatic carbocycles. The fraction of sp³-hybridized carbons (Fsp3) is 0.435. The number of nitriles is 1. The minimum Gasteiger partial charge on any atom is -0.496 e. The maximum atomic E-state index is 12.7. The summed E-state index contributed by atoms with van der Waals surface area (Å²) in [6.45, 7) is 3.26. The minimum atomic E-state index is -0.147. The second kappa shape index (κ2) is 11.3. The van der Waals surface area contributed by atoms with Crippen molar-refractivity contribution in [2.24, 2.45) is 0 Å². The van der Waals surface area contributed by atoms with Gasteiger partial charge in [-0.3, -0.25) is 4.79 Å². The molecule has 2 atom stereocenters. The van der Waals surface area contributed by atoms with Crippen molar-refractivity contribution in [2.45, 2.75) is 25.0 Å². The van der Waals surface area contributed by atoms with Crippen molar-refractivity contribution in [3.05, 3.63) is 53.7 Å². The summed E-state index contributed by atoms with van der Waals surface area (Å²) in [5.41, 5.74) is 1.08. The largest absolute Gasteiger partial charge is 0.496 e. The van der Waals surface area contributed by atoms with Crippen LogP contribution in [0.1, 0.15) is 28.8 Å². The summed E-state index contributed by atoms with van der Waals surface area (Å²) in [6.07, 6.45) is 3.32. The zero-order valence-electron chi connectivity index (χ0n) is 18.0. The summed E-state index contributed by atoms with van der Waals surface area (Å²) < 4.78 is 11.0. The zero-order chi connectivity index (χ0) is 22.1. The predicted octanol–water partition coefficient (Wildman–Crippen LogP) is 2.28. The predicted molar refractivity (Wildman–Crippen MR) is 118 cm³/mol. The Labute approximate surface area is 183 Å². The van der Waals surface area contributed by atoms with Crippen molar-refractivity contribution in [2.75, 3.05) is 45.7 Å². The van der Waals surface area contributed by atoms with E-state index in [9.17, 15) is 4.79 Å². The van der Waals surface area contributed by atoms with E-state index in [1.807, 2.05) is 12.1 Å². The summed E-state index contributed by atoms with van der Waals surface area (Å²) in [4.78, 5) is 19.3. The highest BCUT2D eigenvalue weighted by Gasteiger charge is 2.30. The number of ether oxygens (including phenoxy) is 2. The molecule has 3 rings (SSSR count). The maximum Gasteiger partial charge on any atom is 0.255 e. The molecular formula is C23H29N5O3. The number of anilines is 1. The van der Waals surface area contributed by atoms with Crippen LogP contribution in [0.25, 0.3) is 0 Å². The lowest BCUT2D eigenvalue weighted by molar-refractivity contribution is 0.00638. The van der Waals surface area contributed by atoms with Crippen molar-refractivity contribution in [3.8, 4) is 11.8 Å². The highest BCUT2D eigenvalue weighted by Crippen LogP contribution is 2.19. The van der Waals surface area contributed by atoms with E-state index in [1.54, 1.807) is 44.7 Å². The van der Waals surface area contributed by atoms with E-state index in [0.29, 0.717) is 22.7 Å². The second-order valence-electron chi connectivity index (χ2n) is 7.44. The van der Waals surface area contributed by atoms with Crippen LogP contribution in [0.4, 0.5) is 5.82 Å². The number of carbonyl (C=O) groups is 1. The van der Waals surface area contributed by atoms with Gasteiger partial charge in [0.2, 0.25) is 0 Å². The van der Waals surface area contributed by atoms with Gasteiger partial charge in [-0.1, -0.05) is 12.1 Å². The number of methoxy groups -OCH3 is 2. The number of nitrogens with one attached hydrogen (secondary N) is 2. The highest BCUT2D eigenvalue weighted by atomic mass is 16.5. The third kappa shape index (κ3) is 5.94. The fourth-order valence-corrected chi connectivity index (χ4v) is 3.81. The third-order valence-corrected chi connectivity index (χ3v) is 5.49. The maximum absolute atomic E-state index is 12.7. The van der Waals surface area contributed by atoms with Crippen LogP contribution in [0.3, 0.4) is 0 Å². The van der Waals surface area contributed by atoms with Crippen molar-refractivity contribution < 1.29 is 14.3 Å². The Kier molecular flexibility index (Phi) is 8.21. The minimum absolute atomic E-state index is 0.0523. The van der Waals surface area contributed by atoms with E-state index in [1.165, 1.54) is 0 Å². The number of piperidine rings is 1. The second-order valence-corrected chi connectivity index (χ2v) is 7.44. The van der Waals surface area contributed by atoms with Gasteiger partial charge in [0.25, 0.3) is 5.91 Å². The van der Waals surface area contributed by atoms with Crippen LogP contribution in [0.2, 0.25) is 0 Å². The highest BCUT2D eigenvalue weighted by molar-refractivity contribution is 5.97. The Bertz CT molecular complexity index is 914. The van der Waals surface area contributed by atoms with Crippen LogP contribution in [0, 0.1) is 11.3 Å². The van der Waals surface area contributed by atoms with Crippen LogP contribution in [-0.4, -0.2) is 68.3 Å². The number of pyridine rings is 1. The Morgan fingerprint density at radius 2 is 2.13 bits per heavy atom. The molecule has 1 aromatic heterocycles. The lowest BCUT2D eigenvalue weighted by Gasteiger charge is -2.38. The van der Waals surface area contributed by atoms with Gasteiger partial charge in [-0.05, 0) is 43.7 Å². The number of rotatable bonds is 9. The van der Waals surface area contributed by atoms with Gasteiger partial charge in [0, 0.05) is 32.9 Å². The molecule has 1 aromatic carbocycles. The summed E-state index contributed by atoms with van der Waals surface area (Å²) in [5, 5.41) is 15.5. The fourth-order valence-electron chi connectivity index (χ4n) is 3.81. The van der Waals surface area contributed by atoms with Crippen LogP contribution in [-0.2, 0) is 4.74 Å². The first-order valence-corrected chi connectivity index (χ1v) is 10.4. The van der Waals surface area contributed by atoms with Gasteiger partial charge >= 0.3 is 0 Å². The summed E-state index contributed by atoms with van der Waals surface area (Å²) >= 11 is 0. The molecule has 1 amide bonds. The molecule has 0 radical (unpaired) electrons. The molecule has 8 heteroatoms. The van der Waals surface area contributed by atoms with Gasteiger partial charge < -0.3 is 25.0 Å². The number of likely N-dealkylation sites (tertiary alicyclic amines) is 1. The van der Waals surface area contributed by atoms with E-state index in [4.69, 9.17) is 14.7 Å². The first-order chi connectivity index (χ1) is 15.2. The van der Waals surface area contributed by atoms with Crippen LogP contribution >= 0.6 is 0 Å². The SMILES string of the molecule is COc1ccccc1C(=O)NC1CCN(CCCNc2ncccc2C#N)CC1OC. The van der Waals surface area contributed by atoms with Gasteiger partial charge in [-0.25, -0.2) is 4.98 Å². The number of benzene rings is 1. The molecule has 1 fully saturated rings. The molecule has 0 spiro atoms. The molecule has 31 heavy (non-hydrogen) atoms. The Morgan fingerprint density at radius 1 is 1.29 bits per heavy atom. The number of hydrogen-bond acceptors (Lipinski definition) is 7. The molecule has 8 nitrogen and oxygen atoms in total. The van der Waals surface area contributed by atoms with Gasteiger partial charge in [0.1, 0.15) is 17.6 Å². The molecule has 1 aliphatic heterocycles. The number of amides is 1. The smallest absolute Gasteiger partial charge is 0.255 e.